The minimum absolute atomic E-state index is 0. The van der Waals surface area contributed by atoms with Crippen LogP contribution in [-0.4, -0.2) is 29.5 Å². The first kappa shape index (κ1) is 20.8. The van der Waals surface area contributed by atoms with Crippen LogP contribution in [0.4, 0.5) is 4.39 Å². The molecule has 2 heterocycles. The predicted octanol–water partition coefficient (Wildman–Crippen LogP) is 3.66. The van der Waals surface area contributed by atoms with Crippen molar-refractivity contribution >= 4 is 42.1 Å². The fraction of sp³-hybridized carbons (Fsp3) is 0.375. The smallest absolute Gasteiger partial charge is 0.271 e. The number of hydrogen-bond donors (Lipinski definition) is 2. The summed E-state index contributed by atoms with van der Waals surface area (Å²) >= 11 is 1.28. The van der Waals surface area contributed by atoms with Gasteiger partial charge in [-0.05, 0) is 38.4 Å². The summed E-state index contributed by atoms with van der Waals surface area (Å²) in [5, 5.41) is 8.56. The molecule has 1 amide bonds. The van der Waals surface area contributed by atoms with Gasteiger partial charge in [0.05, 0.1) is 0 Å². The van der Waals surface area contributed by atoms with Gasteiger partial charge in [-0.15, -0.1) is 36.2 Å². The molecule has 0 bridgehead atoms. The fourth-order valence-electron chi connectivity index (χ4n) is 2.62. The van der Waals surface area contributed by atoms with Crippen LogP contribution in [0.2, 0.25) is 0 Å². The molecule has 4 nitrogen and oxygen atoms in total. The number of amides is 1. The number of benzene rings is 1. The van der Waals surface area contributed by atoms with Crippen molar-refractivity contribution in [3.05, 3.63) is 41.2 Å². The molecule has 0 radical (unpaired) electrons. The van der Waals surface area contributed by atoms with E-state index in [1.165, 1.54) is 17.4 Å². The lowest BCUT2D eigenvalue weighted by molar-refractivity contribution is 0.0915. The first-order valence-electron chi connectivity index (χ1n) is 7.40. The molecule has 1 aliphatic heterocycles. The third kappa shape index (κ3) is 4.66. The van der Waals surface area contributed by atoms with E-state index in [0.29, 0.717) is 16.3 Å². The quantitative estimate of drug-likeness (QED) is 0.838. The third-order valence-electron chi connectivity index (χ3n) is 3.92. The van der Waals surface area contributed by atoms with Crippen LogP contribution in [0.25, 0.3) is 10.6 Å². The van der Waals surface area contributed by atoms with Crippen LogP contribution in [0.1, 0.15) is 30.3 Å². The molecule has 132 valence electrons. The second-order valence-corrected chi connectivity index (χ2v) is 6.34. The maximum Gasteiger partial charge on any atom is 0.271 e. The van der Waals surface area contributed by atoms with Gasteiger partial charge in [0.15, 0.2) is 0 Å². The van der Waals surface area contributed by atoms with Gasteiger partial charge in [-0.2, -0.15) is 0 Å². The topological polar surface area (TPSA) is 54.0 Å². The van der Waals surface area contributed by atoms with Crippen molar-refractivity contribution in [3.8, 4) is 10.6 Å². The van der Waals surface area contributed by atoms with Crippen LogP contribution in [0.5, 0.6) is 0 Å². The van der Waals surface area contributed by atoms with Crippen molar-refractivity contribution in [3.63, 3.8) is 0 Å². The molecule has 2 aromatic rings. The van der Waals surface area contributed by atoms with Gasteiger partial charge in [-0.25, -0.2) is 9.37 Å². The number of thiazole rings is 1. The Morgan fingerprint density at radius 1 is 1.38 bits per heavy atom. The Hall–Kier alpha value is -1.21. The monoisotopic (exact) mass is 391 g/mol. The maximum absolute atomic E-state index is 13.8. The van der Waals surface area contributed by atoms with E-state index in [-0.39, 0.29) is 48.6 Å². The SMILES string of the molecule is CC1NCCCC1NC(=O)c1csc(-c2ccccc2F)n1.Cl.Cl. The van der Waals surface area contributed by atoms with Gasteiger partial charge in [0.2, 0.25) is 0 Å². The maximum atomic E-state index is 13.8. The van der Waals surface area contributed by atoms with Gasteiger partial charge in [0.1, 0.15) is 16.5 Å². The Balaban J connectivity index is 0.00000144. The molecule has 8 heteroatoms. The van der Waals surface area contributed by atoms with E-state index < -0.39 is 0 Å². The standard InChI is InChI=1S/C16H18FN3OS.2ClH/c1-10-13(7-4-8-18-10)19-15(21)14-9-22-16(20-14)11-5-2-3-6-12(11)17;;/h2-3,5-6,9-10,13,18H,4,7-8H2,1H3,(H,19,21);2*1H. The lowest BCUT2D eigenvalue weighted by Gasteiger charge is -2.30. The van der Waals surface area contributed by atoms with Crippen molar-refractivity contribution < 1.29 is 9.18 Å². The van der Waals surface area contributed by atoms with Crippen LogP contribution in [-0.2, 0) is 0 Å². The van der Waals surface area contributed by atoms with Crippen LogP contribution in [0.15, 0.2) is 29.6 Å². The molecule has 2 atom stereocenters. The lowest BCUT2D eigenvalue weighted by atomic mass is 10.00. The molecule has 1 saturated heterocycles. The summed E-state index contributed by atoms with van der Waals surface area (Å²) in [5.74, 6) is -0.520. The fourth-order valence-corrected chi connectivity index (χ4v) is 3.45. The summed E-state index contributed by atoms with van der Waals surface area (Å²) in [6, 6.07) is 6.82. The summed E-state index contributed by atoms with van der Waals surface area (Å²) in [6.45, 7) is 3.05. The molecule has 0 spiro atoms. The zero-order chi connectivity index (χ0) is 15.5. The van der Waals surface area contributed by atoms with Crippen molar-refractivity contribution in [1.82, 2.24) is 15.6 Å². The minimum atomic E-state index is -0.325. The molecular weight excluding hydrogens is 372 g/mol. The number of hydrogen-bond acceptors (Lipinski definition) is 4. The number of nitrogens with zero attached hydrogens (tertiary/aromatic N) is 1. The second kappa shape index (κ2) is 9.32. The van der Waals surface area contributed by atoms with E-state index in [4.69, 9.17) is 0 Å². The average Bonchev–Trinajstić information content (AvgIpc) is 3.00. The zero-order valence-corrected chi connectivity index (χ0v) is 15.6. The highest BCUT2D eigenvalue weighted by molar-refractivity contribution is 7.13. The third-order valence-corrected chi connectivity index (χ3v) is 4.79. The van der Waals surface area contributed by atoms with Crippen LogP contribution in [0, 0.1) is 5.82 Å². The second-order valence-electron chi connectivity index (χ2n) is 5.48. The van der Waals surface area contributed by atoms with E-state index in [1.54, 1.807) is 23.6 Å². The van der Waals surface area contributed by atoms with Crippen molar-refractivity contribution in [2.24, 2.45) is 0 Å². The molecule has 0 aliphatic carbocycles. The van der Waals surface area contributed by atoms with Gasteiger partial charge in [-0.1, -0.05) is 12.1 Å². The van der Waals surface area contributed by atoms with Gasteiger partial charge in [0.25, 0.3) is 5.91 Å². The molecule has 0 saturated carbocycles. The first-order valence-corrected chi connectivity index (χ1v) is 8.28. The molecule has 1 fully saturated rings. The molecule has 2 unspecified atom stereocenters. The Kier molecular flexibility index (Phi) is 8.09. The van der Waals surface area contributed by atoms with Crippen LogP contribution in [0.3, 0.4) is 0 Å². The van der Waals surface area contributed by atoms with Gasteiger partial charge >= 0.3 is 0 Å². The largest absolute Gasteiger partial charge is 0.346 e. The number of halogens is 3. The lowest BCUT2D eigenvalue weighted by Crippen LogP contribution is -2.51. The first-order chi connectivity index (χ1) is 10.6. The normalized spacial score (nSPS) is 19.8. The Morgan fingerprint density at radius 3 is 2.83 bits per heavy atom. The van der Waals surface area contributed by atoms with E-state index in [1.807, 2.05) is 0 Å². The number of rotatable bonds is 3. The van der Waals surface area contributed by atoms with Crippen molar-refractivity contribution in [2.45, 2.75) is 31.8 Å². The van der Waals surface area contributed by atoms with Crippen molar-refractivity contribution in [2.75, 3.05) is 6.54 Å². The summed E-state index contributed by atoms with van der Waals surface area (Å²) in [5.41, 5.74) is 0.778. The summed E-state index contributed by atoms with van der Waals surface area (Å²) < 4.78 is 13.8. The zero-order valence-electron chi connectivity index (χ0n) is 13.1. The number of carbonyl (C=O) groups is 1. The molecular formula is C16H20Cl2FN3OS. The van der Waals surface area contributed by atoms with Crippen LogP contribution < -0.4 is 10.6 Å². The summed E-state index contributed by atoms with van der Waals surface area (Å²) in [4.78, 5) is 16.6. The Labute approximate surface area is 157 Å². The molecule has 24 heavy (non-hydrogen) atoms. The number of carbonyl (C=O) groups excluding carboxylic acids is 1. The van der Waals surface area contributed by atoms with Gasteiger partial charge in [0, 0.05) is 23.0 Å². The van der Waals surface area contributed by atoms with Gasteiger partial charge in [-0.3, -0.25) is 4.79 Å². The molecule has 1 aliphatic rings. The highest BCUT2D eigenvalue weighted by Gasteiger charge is 2.24. The van der Waals surface area contributed by atoms with Crippen molar-refractivity contribution in [1.29, 1.82) is 0 Å². The van der Waals surface area contributed by atoms with E-state index in [9.17, 15) is 9.18 Å². The minimum Gasteiger partial charge on any atom is -0.346 e. The average molecular weight is 392 g/mol. The summed E-state index contributed by atoms with van der Waals surface area (Å²) in [6.07, 6.45) is 2.01. The number of nitrogens with one attached hydrogen (secondary N) is 2. The van der Waals surface area contributed by atoms with E-state index in [0.717, 1.165) is 19.4 Å². The molecule has 3 rings (SSSR count). The van der Waals surface area contributed by atoms with Gasteiger partial charge < -0.3 is 10.6 Å². The van der Waals surface area contributed by atoms with Crippen LogP contribution >= 0.6 is 36.2 Å². The Bertz CT molecular complexity index is 683. The number of piperidine rings is 1. The predicted molar refractivity (Wildman–Crippen MR) is 100.0 cm³/mol. The Morgan fingerprint density at radius 2 is 2.12 bits per heavy atom. The number of aromatic nitrogens is 1. The highest BCUT2D eigenvalue weighted by Crippen LogP contribution is 2.26. The molecule has 1 aromatic heterocycles. The molecule has 2 N–H and O–H groups in total. The highest BCUT2D eigenvalue weighted by atomic mass is 35.5. The van der Waals surface area contributed by atoms with E-state index >= 15 is 0 Å². The molecule has 1 aromatic carbocycles. The summed E-state index contributed by atoms with van der Waals surface area (Å²) in [7, 11) is 0. The van der Waals surface area contributed by atoms with E-state index in [2.05, 4.69) is 22.5 Å².